The zero-order valence-corrected chi connectivity index (χ0v) is 20.2. The third kappa shape index (κ3) is 10.8. The maximum atomic E-state index is 12.8. The Kier molecular flexibility index (Phi) is 11.5. The second kappa shape index (κ2) is 14.8. The Morgan fingerprint density at radius 1 is 1.03 bits per heavy atom. The van der Waals surface area contributed by atoms with E-state index in [0.717, 1.165) is 5.56 Å². The molecule has 11 N–H and O–H groups in total. The van der Waals surface area contributed by atoms with Crippen molar-refractivity contribution in [1.29, 1.82) is 0 Å². The third-order valence-electron chi connectivity index (χ3n) is 5.26. The number of amides is 3. The van der Waals surface area contributed by atoms with Crippen LogP contribution in [-0.4, -0.2) is 75.9 Å². The van der Waals surface area contributed by atoms with Gasteiger partial charge in [0.15, 0.2) is 5.96 Å². The number of carbonyl (C=O) groups is 4. The molecule has 2 rings (SSSR count). The number of carboxylic acids is 1. The van der Waals surface area contributed by atoms with Gasteiger partial charge in [-0.15, -0.1) is 0 Å². The third-order valence-corrected chi connectivity index (χ3v) is 5.26. The first kappa shape index (κ1) is 28.8. The molecule has 0 saturated carbocycles. The average molecular weight is 516 g/mol. The van der Waals surface area contributed by atoms with E-state index in [4.69, 9.17) is 17.2 Å². The number of guanidine groups is 1. The molecule has 3 unspecified atom stereocenters. The van der Waals surface area contributed by atoms with Gasteiger partial charge in [0.2, 0.25) is 17.7 Å². The zero-order valence-electron chi connectivity index (χ0n) is 20.2. The van der Waals surface area contributed by atoms with Crippen LogP contribution in [0.5, 0.6) is 0 Å². The molecule has 0 bridgehead atoms. The maximum Gasteiger partial charge on any atom is 0.326 e. The molecule has 3 amide bonds. The van der Waals surface area contributed by atoms with Crippen molar-refractivity contribution in [2.45, 2.75) is 43.8 Å². The summed E-state index contributed by atoms with van der Waals surface area (Å²) in [6, 6.07) is 5.67. The first-order chi connectivity index (χ1) is 17.7. The lowest BCUT2D eigenvalue weighted by molar-refractivity contribution is -0.141. The van der Waals surface area contributed by atoms with Crippen molar-refractivity contribution in [2.75, 3.05) is 13.1 Å². The number of hydrogen-bond acceptors (Lipinski definition) is 7. The summed E-state index contributed by atoms with van der Waals surface area (Å²) in [5.74, 6) is -3.18. The van der Waals surface area contributed by atoms with Crippen LogP contribution in [0.4, 0.5) is 0 Å². The Bertz CT molecular complexity index is 1060. The molecule has 37 heavy (non-hydrogen) atoms. The van der Waals surface area contributed by atoms with Crippen molar-refractivity contribution in [2.24, 2.45) is 22.2 Å². The molecule has 1 heterocycles. The number of carbonyl (C=O) groups excluding carboxylic acids is 3. The standard InChI is InChI=1S/C23H33N9O5/c24-16(7-4-8-28-23(25)26)20(34)32-17(10-15-11-27-13-30-15)21(35)29-12-19(33)31-18(22(36)37)9-14-5-2-1-3-6-14/h1-3,5-6,11,13,16-18H,4,7-10,12,24H2,(H,27,30)(H,29,35)(H,31,33)(H,32,34)(H,36,37)(H4,25,26,28). The predicted octanol–water partition coefficient (Wildman–Crippen LogP) is -2.25. The van der Waals surface area contributed by atoms with Crippen LogP contribution in [-0.2, 0) is 32.0 Å². The van der Waals surface area contributed by atoms with E-state index in [1.807, 2.05) is 0 Å². The summed E-state index contributed by atoms with van der Waals surface area (Å²) in [6.07, 6.45) is 3.80. The predicted molar refractivity (Wildman–Crippen MR) is 135 cm³/mol. The highest BCUT2D eigenvalue weighted by Crippen LogP contribution is 2.04. The van der Waals surface area contributed by atoms with Gasteiger partial charge in [0.05, 0.1) is 18.9 Å². The SMILES string of the molecule is NC(N)=NCCCC(N)C(=O)NC(Cc1cnc[nH]1)C(=O)NCC(=O)NC(Cc1ccccc1)C(=O)O. The van der Waals surface area contributed by atoms with Gasteiger partial charge in [-0.2, -0.15) is 0 Å². The zero-order chi connectivity index (χ0) is 27.2. The first-order valence-corrected chi connectivity index (χ1v) is 11.6. The van der Waals surface area contributed by atoms with Gasteiger partial charge in [0.25, 0.3) is 0 Å². The number of aliphatic imine (C=N–C) groups is 1. The lowest BCUT2D eigenvalue weighted by Gasteiger charge is -2.20. The lowest BCUT2D eigenvalue weighted by atomic mass is 10.1. The van der Waals surface area contributed by atoms with E-state index >= 15 is 0 Å². The molecule has 0 radical (unpaired) electrons. The molecule has 1 aromatic heterocycles. The van der Waals surface area contributed by atoms with Crippen molar-refractivity contribution in [1.82, 2.24) is 25.9 Å². The van der Waals surface area contributed by atoms with E-state index in [-0.39, 0.29) is 25.2 Å². The Balaban J connectivity index is 1.93. The van der Waals surface area contributed by atoms with Crippen molar-refractivity contribution in [3.8, 4) is 0 Å². The highest BCUT2D eigenvalue weighted by atomic mass is 16.4. The van der Waals surface area contributed by atoms with Crippen molar-refractivity contribution in [3.63, 3.8) is 0 Å². The van der Waals surface area contributed by atoms with Gasteiger partial charge < -0.3 is 43.2 Å². The fourth-order valence-corrected chi connectivity index (χ4v) is 3.34. The largest absolute Gasteiger partial charge is 0.480 e. The Labute approximate surface area is 213 Å². The lowest BCUT2D eigenvalue weighted by Crippen LogP contribution is -2.54. The summed E-state index contributed by atoms with van der Waals surface area (Å²) >= 11 is 0. The minimum Gasteiger partial charge on any atom is -0.480 e. The van der Waals surface area contributed by atoms with Gasteiger partial charge in [0.1, 0.15) is 12.1 Å². The summed E-state index contributed by atoms with van der Waals surface area (Å²) in [5, 5.41) is 16.9. The first-order valence-electron chi connectivity index (χ1n) is 11.6. The normalized spacial score (nSPS) is 13.0. The molecule has 1 aromatic carbocycles. The summed E-state index contributed by atoms with van der Waals surface area (Å²) < 4.78 is 0. The van der Waals surface area contributed by atoms with Gasteiger partial charge in [-0.3, -0.25) is 19.4 Å². The van der Waals surface area contributed by atoms with Gasteiger partial charge in [0, 0.05) is 31.3 Å². The number of H-pyrrole nitrogens is 1. The molecular formula is C23H33N9O5. The van der Waals surface area contributed by atoms with Crippen LogP contribution in [0.15, 0.2) is 47.8 Å². The van der Waals surface area contributed by atoms with Gasteiger partial charge in [-0.1, -0.05) is 30.3 Å². The molecule has 0 saturated heterocycles. The molecule has 0 aliphatic rings. The smallest absolute Gasteiger partial charge is 0.326 e. The van der Waals surface area contributed by atoms with E-state index in [0.29, 0.717) is 18.7 Å². The highest BCUT2D eigenvalue weighted by Gasteiger charge is 2.26. The molecule has 0 aliphatic heterocycles. The summed E-state index contributed by atoms with van der Waals surface area (Å²) in [5.41, 5.74) is 17.8. The van der Waals surface area contributed by atoms with Crippen LogP contribution in [0.1, 0.15) is 24.1 Å². The molecule has 2 aromatic rings. The molecule has 14 nitrogen and oxygen atoms in total. The molecule has 0 fully saturated rings. The summed E-state index contributed by atoms with van der Waals surface area (Å²) in [6.45, 7) is -0.185. The number of rotatable bonds is 15. The Morgan fingerprint density at radius 3 is 2.38 bits per heavy atom. The topological polar surface area (TPSA) is 244 Å². The number of imidazole rings is 1. The number of nitrogens with one attached hydrogen (secondary N) is 4. The fourth-order valence-electron chi connectivity index (χ4n) is 3.34. The second-order valence-electron chi connectivity index (χ2n) is 8.26. The molecule has 3 atom stereocenters. The minimum absolute atomic E-state index is 0.0612. The summed E-state index contributed by atoms with van der Waals surface area (Å²) in [7, 11) is 0. The van der Waals surface area contributed by atoms with E-state index in [2.05, 4.69) is 30.9 Å². The highest BCUT2D eigenvalue weighted by molar-refractivity contribution is 5.92. The van der Waals surface area contributed by atoms with E-state index < -0.39 is 48.4 Å². The Morgan fingerprint density at radius 2 is 1.76 bits per heavy atom. The molecule has 0 aliphatic carbocycles. The van der Waals surface area contributed by atoms with Crippen LogP contribution >= 0.6 is 0 Å². The van der Waals surface area contributed by atoms with Crippen molar-refractivity contribution in [3.05, 3.63) is 54.1 Å². The van der Waals surface area contributed by atoms with Crippen molar-refractivity contribution >= 4 is 29.7 Å². The van der Waals surface area contributed by atoms with Crippen LogP contribution in [0.3, 0.4) is 0 Å². The van der Waals surface area contributed by atoms with E-state index in [1.165, 1.54) is 12.5 Å². The van der Waals surface area contributed by atoms with Crippen molar-refractivity contribution < 1.29 is 24.3 Å². The van der Waals surface area contributed by atoms with Crippen LogP contribution < -0.4 is 33.2 Å². The van der Waals surface area contributed by atoms with Gasteiger partial charge >= 0.3 is 5.97 Å². The fraction of sp³-hybridized carbons (Fsp3) is 0.391. The number of aromatic nitrogens is 2. The molecule has 14 heteroatoms. The maximum absolute atomic E-state index is 12.8. The Hall–Kier alpha value is -4.46. The summed E-state index contributed by atoms with van der Waals surface area (Å²) in [4.78, 5) is 59.9. The number of aliphatic carboxylic acids is 1. The number of nitrogens with zero attached hydrogens (tertiary/aromatic N) is 2. The molecular weight excluding hydrogens is 482 g/mol. The number of aromatic amines is 1. The average Bonchev–Trinajstić information content (AvgIpc) is 3.37. The van der Waals surface area contributed by atoms with E-state index in [9.17, 15) is 24.3 Å². The van der Waals surface area contributed by atoms with Gasteiger partial charge in [-0.05, 0) is 18.4 Å². The molecule has 0 spiro atoms. The number of hydrogen-bond donors (Lipinski definition) is 8. The quantitative estimate of drug-likeness (QED) is 0.0724. The number of benzene rings is 1. The second-order valence-corrected chi connectivity index (χ2v) is 8.26. The van der Waals surface area contributed by atoms with Gasteiger partial charge in [-0.25, -0.2) is 9.78 Å². The van der Waals surface area contributed by atoms with Crippen LogP contribution in [0.25, 0.3) is 0 Å². The monoisotopic (exact) mass is 515 g/mol. The van der Waals surface area contributed by atoms with Crippen LogP contribution in [0.2, 0.25) is 0 Å². The van der Waals surface area contributed by atoms with E-state index in [1.54, 1.807) is 30.3 Å². The molecule has 200 valence electrons. The van der Waals surface area contributed by atoms with Crippen LogP contribution in [0, 0.1) is 0 Å². The number of carboxylic acid groups (broad SMARTS) is 1. The number of nitrogens with two attached hydrogens (primary N) is 3. The minimum atomic E-state index is -1.21.